The van der Waals surface area contributed by atoms with Crippen LogP contribution in [0.3, 0.4) is 0 Å². The topological polar surface area (TPSA) is 115 Å². The van der Waals surface area contributed by atoms with E-state index < -0.39 is 23.3 Å². The van der Waals surface area contributed by atoms with Crippen LogP contribution in [-0.4, -0.2) is 54.9 Å². The average molecular weight is 499 g/mol. The van der Waals surface area contributed by atoms with Gasteiger partial charge in [0.25, 0.3) is 5.91 Å². The van der Waals surface area contributed by atoms with Crippen LogP contribution >= 0.6 is 34.9 Å². The molecule has 3 N–H and O–H groups in total. The number of aliphatic carboxylic acids is 1. The Kier molecular flexibility index (Phi) is 6.00. The smallest absolute Gasteiger partial charge is 0.353 e. The summed E-state index contributed by atoms with van der Waals surface area (Å²) < 4.78 is 0. The van der Waals surface area contributed by atoms with Gasteiger partial charge in [-0.1, -0.05) is 30.0 Å². The minimum Gasteiger partial charge on any atom is -0.477 e. The van der Waals surface area contributed by atoms with Crippen molar-refractivity contribution in [2.75, 3.05) is 5.75 Å². The van der Waals surface area contributed by atoms with E-state index in [0.29, 0.717) is 10.7 Å². The number of carboxylic acids is 1. The highest BCUT2D eigenvalue weighted by atomic mass is 32.2. The third kappa shape index (κ3) is 4.31. The number of carbonyl (C=O) groups excluding carboxylic acids is 2. The Morgan fingerprint density at radius 3 is 2.76 bits per heavy atom. The number of hydrogen-bond donors (Lipinski definition) is 3. The maximum absolute atomic E-state index is 12.8. The van der Waals surface area contributed by atoms with Crippen molar-refractivity contribution in [2.24, 2.45) is 0 Å². The molecule has 1 aromatic carbocycles. The van der Waals surface area contributed by atoms with Crippen LogP contribution in [0.4, 0.5) is 0 Å². The molecule has 2 aliphatic rings. The molecule has 5 rings (SSSR count). The van der Waals surface area contributed by atoms with Crippen LogP contribution < -0.4 is 5.32 Å². The lowest BCUT2D eigenvalue weighted by atomic mass is 10.0. The number of carboxylic acid groups (broad SMARTS) is 1. The van der Waals surface area contributed by atoms with E-state index in [1.807, 2.05) is 41.8 Å². The molecule has 0 radical (unpaired) electrons. The van der Waals surface area contributed by atoms with Crippen molar-refractivity contribution in [1.29, 1.82) is 0 Å². The van der Waals surface area contributed by atoms with E-state index in [4.69, 9.17) is 0 Å². The van der Waals surface area contributed by atoms with Gasteiger partial charge < -0.3 is 15.4 Å². The summed E-state index contributed by atoms with van der Waals surface area (Å²) in [4.78, 5) is 48.2. The molecule has 2 atom stereocenters. The fraction of sp³-hybridized carbons (Fsp3) is 0.182. The fourth-order valence-corrected chi connectivity index (χ4v) is 6.89. The highest BCUT2D eigenvalue weighted by Crippen LogP contribution is 2.45. The van der Waals surface area contributed by atoms with Crippen molar-refractivity contribution in [3.05, 3.63) is 69.7 Å². The number of thiophene rings is 1. The second kappa shape index (κ2) is 9.08. The third-order valence-electron chi connectivity index (χ3n) is 5.23. The van der Waals surface area contributed by atoms with Gasteiger partial charge in [0, 0.05) is 38.4 Å². The van der Waals surface area contributed by atoms with Crippen molar-refractivity contribution in [3.8, 4) is 11.4 Å². The molecular formula is C22H18N4O4S3. The molecule has 1 saturated heterocycles. The minimum atomic E-state index is -1.15. The number of nitrogens with zero attached hydrogens (tertiary/aromatic N) is 2. The zero-order chi connectivity index (χ0) is 22.9. The minimum absolute atomic E-state index is 0.00684. The number of aromatic amines is 1. The van der Waals surface area contributed by atoms with Crippen molar-refractivity contribution >= 4 is 52.6 Å². The Morgan fingerprint density at radius 2 is 2.09 bits per heavy atom. The zero-order valence-electron chi connectivity index (χ0n) is 17.1. The number of thioether (sulfide) groups is 2. The zero-order valence-corrected chi connectivity index (χ0v) is 19.5. The highest BCUT2D eigenvalue weighted by Gasteiger charge is 2.54. The maximum atomic E-state index is 12.8. The highest BCUT2D eigenvalue weighted by molar-refractivity contribution is 8.06. The molecule has 33 heavy (non-hydrogen) atoms. The molecule has 2 amide bonds. The third-order valence-corrected chi connectivity index (χ3v) is 8.67. The SMILES string of the molecule is O=C(Cc1cccs1)N[C@@H]1C(=O)N2C(C(=O)O)=C(Sc3ccc(-c4ncc[nH]4)cc3)CS[C@H]12. The summed E-state index contributed by atoms with van der Waals surface area (Å²) in [5, 5.41) is 14.1. The van der Waals surface area contributed by atoms with Crippen LogP contribution in [0.5, 0.6) is 0 Å². The van der Waals surface area contributed by atoms with Gasteiger partial charge in [0.2, 0.25) is 5.91 Å². The van der Waals surface area contributed by atoms with Crippen LogP contribution in [0, 0.1) is 0 Å². The lowest BCUT2D eigenvalue weighted by molar-refractivity contribution is -0.150. The second-order valence-electron chi connectivity index (χ2n) is 7.35. The molecule has 0 unspecified atom stereocenters. The van der Waals surface area contributed by atoms with E-state index in [1.165, 1.54) is 39.8 Å². The maximum Gasteiger partial charge on any atom is 0.353 e. The molecule has 2 aliphatic heterocycles. The molecular weight excluding hydrogens is 480 g/mol. The van der Waals surface area contributed by atoms with Crippen LogP contribution in [0.25, 0.3) is 11.4 Å². The van der Waals surface area contributed by atoms with Gasteiger partial charge >= 0.3 is 5.97 Å². The van der Waals surface area contributed by atoms with Crippen molar-refractivity contribution in [3.63, 3.8) is 0 Å². The number of H-pyrrole nitrogens is 1. The average Bonchev–Trinajstić information content (AvgIpc) is 3.52. The van der Waals surface area contributed by atoms with Gasteiger partial charge in [-0.25, -0.2) is 9.78 Å². The largest absolute Gasteiger partial charge is 0.477 e. The van der Waals surface area contributed by atoms with Gasteiger partial charge in [-0.2, -0.15) is 0 Å². The van der Waals surface area contributed by atoms with Gasteiger partial charge in [-0.3, -0.25) is 14.5 Å². The number of imidazole rings is 1. The molecule has 0 saturated carbocycles. The van der Waals surface area contributed by atoms with Gasteiger partial charge in [0.05, 0.1) is 6.42 Å². The lowest BCUT2D eigenvalue weighted by Gasteiger charge is -2.49. The molecule has 2 aromatic heterocycles. The molecule has 0 bridgehead atoms. The Balaban J connectivity index is 1.30. The van der Waals surface area contributed by atoms with E-state index in [-0.39, 0.29) is 18.0 Å². The monoisotopic (exact) mass is 498 g/mol. The second-order valence-corrected chi connectivity index (χ2v) is 10.7. The number of fused-ring (bicyclic) bond motifs is 1. The van der Waals surface area contributed by atoms with Gasteiger partial charge in [0.15, 0.2) is 0 Å². The first kappa shape index (κ1) is 21.8. The first-order valence-electron chi connectivity index (χ1n) is 10.0. The number of amides is 2. The summed E-state index contributed by atoms with van der Waals surface area (Å²) >= 11 is 4.27. The summed E-state index contributed by atoms with van der Waals surface area (Å²) in [6, 6.07) is 10.6. The number of hydrogen-bond acceptors (Lipinski definition) is 7. The molecule has 4 heterocycles. The van der Waals surface area contributed by atoms with E-state index in [1.54, 1.807) is 12.4 Å². The van der Waals surface area contributed by atoms with Crippen molar-refractivity contribution in [2.45, 2.75) is 22.7 Å². The predicted octanol–water partition coefficient (Wildman–Crippen LogP) is 3.17. The number of rotatable bonds is 7. The Hall–Kier alpha value is -3.02. The summed E-state index contributed by atoms with van der Waals surface area (Å²) in [6.07, 6.45) is 3.63. The van der Waals surface area contributed by atoms with Gasteiger partial charge in [-0.05, 0) is 23.6 Å². The van der Waals surface area contributed by atoms with Crippen molar-refractivity contribution < 1.29 is 19.5 Å². The Labute approximate surface area is 201 Å². The quantitative estimate of drug-likeness (QED) is 0.429. The lowest BCUT2D eigenvalue weighted by Crippen LogP contribution is -2.70. The number of carbonyl (C=O) groups is 3. The number of β-lactam (4-membered cyclic amide) rings is 1. The van der Waals surface area contributed by atoms with Crippen molar-refractivity contribution in [1.82, 2.24) is 20.2 Å². The first-order chi connectivity index (χ1) is 16.0. The molecule has 11 heteroatoms. The molecule has 8 nitrogen and oxygen atoms in total. The van der Waals surface area contributed by atoms with Crippen LogP contribution in [-0.2, 0) is 20.8 Å². The number of aromatic nitrogens is 2. The van der Waals surface area contributed by atoms with Crippen LogP contribution in [0.15, 0.2) is 69.7 Å². The molecule has 0 aliphatic carbocycles. The summed E-state index contributed by atoms with van der Waals surface area (Å²) in [5.41, 5.74) is 0.918. The molecule has 0 spiro atoms. The summed E-state index contributed by atoms with van der Waals surface area (Å²) in [7, 11) is 0. The number of benzene rings is 1. The summed E-state index contributed by atoms with van der Waals surface area (Å²) in [6.45, 7) is 0. The van der Waals surface area contributed by atoms with Crippen LogP contribution in [0.2, 0.25) is 0 Å². The van der Waals surface area contributed by atoms with Gasteiger partial charge in [-0.15, -0.1) is 23.1 Å². The van der Waals surface area contributed by atoms with Gasteiger partial charge in [0.1, 0.15) is 22.9 Å². The first-order valence-corrected chi connectivity index (χ1v) is 12.8. The molecule has 3 aromatic rings. The van der Waals surface area contributed by atoms with E-state index >= 15 is 0 Å². The fourth-order valence-electron chi connectivity index (χ4n) is 3.71. The Morgan fingerprint density at radius 1 is 1.27 bits per heavy atom. The standard InChI is InChI=1S/C22H18N4O4S3/c27-16(10-14-2-1-9-31-14)25-17-20(28)26-18(22(29)30)15(11-32-21(17)26)33-13-5-3-12(4-6-13)19-23-7-8-24-19/h1-9,17,21H,10-11H2,(H,23,24)(H,25,27)(H,29,30)/t17-,21-/m1/s1. The molecule has 1 fully saturated rings. The normalized spacial score (nSPS) is 19.8. The molecule has 168 valence electrons. The summed E-state index contributed by atoms with van der Waals surface area (Å²) in [5.74, 6) is -0.583. The van der Waals surface area contributed by atoms with E-state index in [2.05, 4.69) is 15.3 Å². The number of nitrogens with one attached hydrogen (secondary N) is 2. The Bertz CT molecular complexity index is 1220. The van der Waals surface area contributed by atoms with E-state index in [0.717, 1.165) is 21.2 Å². The van der Waals surface area contributed by atoms with Crippen LogP contribution in [0.1, 0.15) is 4.88 Å². The predicted molar refractivity (Wildman–Crippen MR) is 128 cm³/mol. The van der Waals surface area contributed by atoms with E-state index in [9.17, 15) is 19.5 Å².